The quantitative estimate of drug-likeness (QED) is 0.392. The third kappa shape index (κ3) is 5.68. The zero-order valence-corrected chi connectivity index (χ0v) is 15.7. The van der Waals surface area contributed by atoms with Gasteiger partial charge in [-0.25, -0.2) is 9.18 Å². The average molecular weight is 398 g/mol. The Labute approximate surface area is 166 Å². The zero-order valence-electron chi connectivity index (χ0n) is 15.7. The van der Waals surface area contributed by atoms with Gasteiger partial charge in [0.1, 0.15) is 29.7 Å². The van der Waals surface area contributed by atoms with Crippen molar-refractivity contribution in [2.45, 2.75) is 13.5 Å². The first-order valence-electron chi connectivity index (χ1n) is 8.95. The van der Waals surface area contributed by atoms with Gasteiger partial charge in [-0.05, 0) is 67.6 Å². The van der Waals surface area contributed by atoms with Crippen LogP contribution in [0.2, 0.25) is 0 Å². The Kier molecular flexibility index (Phi) is 6.63. The molecular weight excluding hydrogens is 379 g/mol. The molecule has 0 spiro atoms. The number of carbonyl (C=O) groups is 2. The number of carbonyl (C=O) groups excluding carboxylic acids is 2. The largest absolute Gasteiger partial charge is 0.494 e. The summed E-state index contributed by atoms with van der Waals surface area (Å²) in [5, 5.41) is 0. The second-order valence-electron chi connectivity index (χ2n) is 5.97. The van der Waals surface area contributed by atoms with Crippen molar-refractivity contribution in [2.24, 2.45) is 0 Å². The van der Waals surface area contributed by atoms with E-state index >= 15 is 0 Å². The minimum absolute atomic E-state index is 0.0396. The Hall–Kier alpha value is -3.61. The summed E-state index contributed by atoms with van der Waals surface area (Å²) >= 11 is 0. The van der Waals surface area contributed by atoms with Gasteiger partial charge in [0, 0.05) is 5.56 Å². The molecule has 7 heteroatoms. The van der Waals surface area contributed by atoms with Crippen LogP contribution in [0.3, 0.4) is 0 Å². The van der Waals surface area contributed by atoms with E-state index in [9.17, 15) is 14.0 Å². The van der Waals surface area contributed by atoms with Crippen LogP contribution in [0.1, 0.15) is 33.6 Å². The van der Waals surface area contributed by atoms with Crippen LogP contribution in [0.4, 0.5) is 4.39 Å². The number of halogens is 1. The van der Waals surface area contributed by atoms with E-state index in [0.717, 1.165) is 0 Å². The van der Waals surface area contributed by atoms with Gasteiger partial charge in [-0.3, -0.25) is 4.79 Å². The van der Waals surface area contributed by atoms with Crippen molar-refractivity contribution < 1.29 is 32.6 Å². The highest BCUT2D eigenvalue weighted by atomic mass is 19.1. The molecule has 0 aliphatic carbocycles. The third-order valence-corrected chi connectivity index (χ3v) is 3.88. The van der Waals surface area contributed by atoms with Gasteiger partial charge in [-0.15, -0.1) is 0 Å². The molecule has 0 aliphatic rings. The van der Waals surface area contributed by atoms with Crippen molar-refractivity contribution in [3.63, 3.8) is 0 Å². The number of rotatable bonds is 9. The highest BCUT2D eigenvalue weighted by Gasteiger charge is 2.16. The normalized spacial score (nSPS) is 10.4. The second-order valence-corrected chi connectivity index (χ2v) is 5.97. The van der Waals surface area contributed by atoms with Gasteiger partial charge < -0.3 is 18.6 Å². The molecule has 2 aromatic carbocycles. The Morgan fingerprint density at radius 3 is 2.24 bits per heavy atom. The number of ketones is 1. The van der Waals surface area contributed by atoms with Crippen LogP contribution in [0.15, 0.2) is 65.1 Å². The monoisotopic (exact) mass is 398 g/mol. The number of benzene rings is 2. The molecule has 0 aliphatic heterocycles. The first kappa shape index (κ1) is 20.1. The molecule has 0 fully saturated rings. The van der Waals surface area contributed by atoms with Crippen molar-refractivity contribution in [1.29, 1.82) is 0 Å². The lowest BCUT2D eigenvalue weighted by atomic mass is 10.1. The summed E-state index contributed by atoms with van der Waals surface area (Å²) in [4.78, 5) is 24.2. The molecule has 1 aromatic heterocycles. The van der Waals surface area contributed by atoms with E-state index < -0.39 is 12.6 Å². The minimum Gasteiger partial charge on any atom is -0.494 e. The number of esters is 1. The van der Waals surface area contributed by atoms with E-state index in [1.165, 1.54) is 30.3 Å². The van der Waals surface area contributed by atoms with Gasteiger partial charge in [0.15, 0.2) is 12.4 Å². The molecular formula is C22H19FO6. The van der Waals surface area contributed by atoms with E-state index in [1.807, 2.05) is 6.92 Å². The molecule has 0 saturated carbocycles. The van der Waals surface area contributed by atoms with Gasteiger partial charge in [-0.1, -0.05) is 0 Å². The van der Waals surface area contributed by atoms with Crippen LogP contribution < -0.4 is 9.47 Å². The molecule has 29 heavy (non-hydrogen) atoms. The van der Waals surface area contributed by atoms with Crippen LogP contribution in [0.25, 0.3) is 0 Å². The number of Topliss-reactive ketones (excluding diaryl/α,β-unsaturated/α-hetero) is 1. The van der Waals surface area contributed by atoms with Crippen LogP contribution in [0.5, 0.6) is 11.5 Å². The lowest BCUT2D eigenvalue weighted by molar-refractivity contribution is 0.0440. The molecule has 3 rings (SSSR count). The smallest absolute Gasteiger partial charge is 0.374 e. The molecule has 0 N–H and O–H groups in total. The number of furan rings is 1. The topological polar surface area (TPSA) is 75.0 Å². The van der Waals surface area contributed by atoms with E-state index in [1.54, 1.807) is 30.3 Å². The summed E-state index contributed by atoms with van der Waals surface area (Å²) in [6.45, 7) is 2.05. The summed E-state index contributed by atoms with van der Waals surface area (Å²) in [5.74, 6) is 0.0199. The maximum Gasteiger partial charge on any atom is 0.374 e. The fourth-order valence-electron chi connectivity index (χ4n) is 2.44. The van der Waals surface area contributed by atoms with Crippen LogP contribution in [-0.4, -0.2) is 25.0 Å². The Bertz CT molecular complexity index is 960. The maximum absolute atomic E-state index is 12.9. The van der Waals surface area contributed by atoms with Crippen LogP contribution in [-0.2, 0) is 11.3 Å². The Morgan fingerprint density at radius 2 is 1.55 bits per heavy atom. The minimum atomic E-state index is -0.752. The van der Waals surface area contributed by atoms with Crippen molar-refractivity contribution in [3.05, 3.63) is 83.6 Å². The Balaban J connectivity index is 1.49. The molecule has 6 nitrogen and oxygen atoms in total. The Morgan fingerprint density at radius 1 is 0.897 bits per heavy atom. The molecule has 150 valence electrons. The number of hydrogen-bond donors (Lipinski definition) is 0. The highest BCUT2D eigenvalue weighted by molar-refractivity contribution is 5.99. The lowest BCUT2D eigenvalue weighted by Gasteiger charge is -2.05. The standard InChI is InChI=1S/C22H19FO6/c1-2-26-17-7-3-15(4-8-17)20(24)14-28-22(25)21-12-11-19(29-21)13-27-18-9-5-16(23)6-10-18/h3-12H,2,13-14H2,1H3. The van der Waals surface area contributed by atoms with E-state index in [-0.39, 0.29) is 24.0 Å². The summed E-state index contributed by atoms with van der Waals surface area (Å²) in [5.41, 5.74) is 0.411. The highest BCUT2D eigenvalue weighted by Crippen LogP contribution is 2.16. The van der Waals surface area contributed by atoms with Crippen LogP contribution in [0, 0.1) is 5.82 Å². The predicted molar refractivity (Wildman–Crippen MR) is 102 cm³/mol. The van der Waals surface area contributed by atoms with Crippen LogP contribution >= 0.6 is 0 Å². The molecule has 0 atom stereocenters. The molecule has 0 unspecified atom stereocenters. The fourth-order valence-corrected chi connectivity index (χ4v) is 2.44. The average Bonchev–Trinajstić information content (AvgIpc) is 3.21. The van der Waals surface area contributed by atoms with Crippen molar-refractivity contribution in [2.75, 3.05) is 13.2 Å². The SMILES string of the molecule is CCOc1ccc(C(=O)COC(=O)c2ccc(COc3ccc(F)cc3)o2)cc1. The summed E-state index contributed by atoms with van der Waals surface area (Å²) in [7, 11) is 0. The summed E-state index contributed by atoms with van der Waals surface area (Å²) < 4.78 is 34.0. The van der Waals surface area contributed by atoms with Gasteiger partial charge in [0.05, 0.1) is 6.61 Å². The van der Waals surface area contributed by atoms with Gasteiger partial charge in [-0.2, -0.15) is 0 Å². The molecule has 0 bridgehead atoms. The maximum atomic E-state index is 12.9. The summed E-state index contributed by atoms with van der Waals surface area (Å²) in [6, 6.07) is 15.1. The molecule has 1 heterocycles. The number of hydrogen-bond acceptors (Lipinski definition) is 6. The fraction of sp³-hybridized carbons (Fsp3) is 0.182. The van der Waals surface area contributed by atoms with Crippen molar-refractivity contribution in [1.82, 2.24) is 0 Å². The molecule has 0 amide bonds. The summed E-state index contributed by atoms with van der Waals surface area (Å²) in [6.07, 6.45) is 0. The van der Waals surface area contributed by atoms with E-state index in [0.29, 0.717) is 29.4 Å². The van der Waals surface area contributed by atoms with Crippen molar-refractivity contribution >= 4 is 11.8 Å². The number of ether oxygens (including phenoxy) is 3. The van der Waals surface area contributed by atoms with Gasteiger partial charge in [0.2, 0.25) is 5.76 Å². The van der Waals surface area contributed by atoms with E-state index in [4.69, 9.17) is 18.6 Å². The molecule has 0 saturated heterocycles. The third-order valence-electron chi connectivity index (χ3n) is 3.88. The first-order chi connectivity index (χ1) is 14.0. The predicted octanol–water partition coefficient (Wildman–Crippen LogP) is 4.44. The lowest BCUT2D eigenvalue weighted by Crippen LogP contribution is -2.13. The van der Waals surface area contributed by atoms with Gasteiger partial charge in [0.25, 0.3) is 0 Å². The van der Waals surface area contributed by atoms with Gasteiger partial charge >= 0.3 is 5.97 Å². The molecule has 0 radical (unpaired) electrons. The molecule has 3 aromatic rings. The zero-order chi connectivity index (χ0) is 20.6. The van der Waals surface area contributed by atoms with E-state index in [2.05, 4.69) is 0 Å². The van der Waals surface area contributed by atoms with Crippen molar-refractivity contribution in [3.8, 4) is 11.5 Å². The second kappa shape index (κ2) is 9.54. The first-order valence-corrected chi connectivity index (χ1v) is 8.95.